The van der Waals surface area contributed by atoms with E-state index in [-0.39, 0.29) is 17.0 Å². The Kier molecular flexibility index (Phi) is 2.05. The number of hydrogen-bond donors (Lipinski definition) is 2. The number of rotatable bonds is 1. The summed E-state index contributed by atoms with van der Waals surface area (Å²) in [5.74, 6) is -0.0990. The summed E-state index contributed by atoms with van der Waals surface area (Å²) in [6.07, 6.45) is 1.46. The number of carbonyl (C=O) groups excluding carboxylic acids is 1. The summed E-state index contributed by atoms with van der Waals surface area (Å²) >= 11 is 5.81. The molecule has 14 heavy (non-hydrogen) atoms. The highest BCUT2D eigenvalue weighted by atomic mass is 35.5. The maximum atomic E-state index is 10.7. The van der Waals surface area contributed by atoms with Crippen LogP contribution in [0.4, 0.5) is 5.95 Å². The van der Waals surface area contributed by atoms with Crippen molar-refractivity contribution in [1.29, 1.82) is 0 Å². The van der Waals surface area contributed by atoms with Crippen LogP contribution in [0, 0.1) is 0 Å². The second-order valence-corrected chi connectivity index (χ2v) is 2.98. The Labute approximate surface area is 83.7 Å². The number of amides is 1. The Morgan fingerprint density at radius 2 is 2.36 bits per heavy atom. The maximum Gasteiger partial charge on any atom is 0.233 e. The van der Waals surface area contributed by atoms with Gasteiger partial charge in [0.25, 0.3) is 0 Å². The molecule has 7 heteroatoms. The fourth-order valence-corrected chi connectivity index (χ4v) is 1.23. The van der Waals surface area contributed by atoms with Crippen LogP contribution in [-0.4, -0.2) is 25.8 Å². The number of fused-ring (bicyclic) bond motifs is 1. The fraction of sp³-hybridized carbons (Fsp3) is 0.143. The third-order valence-corrected chi connectivity index (χ3v) is 1.80. The number of H-pyrrole nitrogens is 1. The van der Waals surface area contributed by atoms with Gasteiger partial charge in [0, 0.05) is 6.92 Å². The van der Waals surface area contributed by atoms with Crippen LogP contribution in [0.5, 0.6) is 0 Å². The van der Waals surface area contributed by atoms with Gasteiger partial charge in [0.1, 0.15) is 5.52 Å². The van der Waals surface area contributed by atoms with Gasteiger partial charge < -0.3 is 4.98 Å². The summed E-state index contributed by atoms with van der Waals surface area (Å²) < 4.78 is 0. The second-order valence-electron chi connectivity index (χ2n) is 2.62. The molecule has 0 atom stereocenters. The second kappa shape index (κ2) is 3.22. The lowest BCUT2D eigenvalue weighted by Crippen LogP contribution is -2.09. The zero-order valence-electron chi connectivity index (χ0n) is 7.21. The largest absolute Gasteiger partial charge is 0.341 e. The number of anilines is 1. The normalized spacial score (nSPS) is 10.4. The molecular formula is C7H6ClN5O. The maximum absolute atomic E-state index is 10.7. The van der Waals surface area contributed by atoms with Crippen molar-refractivity contribution in [1.82, 2.24) is 19.9 Å². The zero-order chi connectivity index (χ0) is 10.1. The minimum absolute atomic E-state index is 0.155. The monoisotopic (exact) mass is 211 g/mol. The molecule has 6 nitrogen and oxygen atoms in total. The average Bonchev–Trinajstić information content (AvgIpc) is 2.50. The number of hydrogen-bond acceptors (Lipinski definition) is 4. The predicted molar refractivity (Wildman–Crippen MR) is 51.0 cm³/mol. The van der Waals surface area contributed by atoms with Crippen molar-refractivity contribution in [2.45, 2.75) is 6.92 Å². The molecule has 2 N–H and O–H groups in total. The van der Waals surface area contributed by atoms with Gasteiger partial charge in [0.2, 0.25) is 11.9 Å². The van der Waals surface area contributed by atoms with Gasteiger partial charge in [-0.1, -0.05) is 11.6 Å². The van der Waals surface area contributed by atoms with E-state index in [9.17, 15) is 4.79 Å². The van der Waals surface area contributed by atoms with Crippen LogP contribution in [0.25, 0.3) is 11.2 Å². The van der Waals surface area contributed by atoms with Crippen molar-refractivity contribution in [3.63, 3.8) is 0 Å². The zero-order valence-corrected chi connectivity index (χ0v) is 7.96. The molecule has 2 heterocycles. The number of aromatic nitrogens is 4. The first kappa shape index (κ1) is 8.89. The Hall–Kier alpha value is -1.69. The number of imidazole rings is 1. The molecule has 2 aromatic heterocycles. The Morgan fingerprint density at radius 3 is 3.07 bits per heavy atom. The standard InChI is InChI=1S/C7H6ClN5O/c1-3(14)11-7-12-5(8)4-6(13-7)10-2-9-4/h2H,1H3,(H2,9,10,11,12,13,14). The summed E-state index contributed by atoms with van der Waals surface area (Å²) in [4.78, 5) is 25.3. The first-order chi connectivity index (χ1) is 6.66. The molecule has 1 amide bonds. The molecular weight excluding hydrogens is 206 g/mol. The molecule has 2 rings (SSSR count). The predicted octanol–water partition coefficient (Wildman–Crippen LogP) is 0.965. The molecule has 0 aliphatic carbocycles. The van der Waals surface area contributed by atoms with E-state index in [1.54, 1.807) is 0 Å². The highest BCUT2D eigenvalue weighted by molar-refractivity contribution is 6.33. The van der Waals surface area contributed by atoms with Crippen LogP contribution in [0.3, 0.4) is 0 Å². The average molecular weight is 212 g/mol. The van der Waals surface area contributed by atoms with Crippen molar-refractivity contribution < 1.29 is 4.79 Å². The van der Waals surface area contributed by atoms with Gasteiger partial charge in [0.15, 0.2) is 10.8 Å². The van der Waals surface area contributed by atoms with Crippen molar-refractivity contribution >= 4 is 34.6 Å². The highest BCUT2D eigenvalue weighted by Crippen LogP contribution is 2.17. The molecule has 0 spiro atoms. The van der Waals surface area contributed by atoms with Gasteiger partial charge >= 0.3 is 0 Å². The molecule has 0 saturated heterocycles. The van der Waals surface area contributed by atoms with Crippen molar-refractivity contribution in [3.05, 3.63) is 11.5 Å². The molecule has 0 bridgehead atoms. The van der Waals surface area contributed by atoms with E-state index >= 15 is 0 Å². The number of aromatic amines is 1. The lowest BCUT2D eigenvalue weighted by molar-refractivity contribution is -0.114. The summed E-state index contributed by atoms with van der Waals surface area (Å²) in [6, 6.07) is 0. The van der Waals surface area contributed by atoms with Gasteiger partial charge in [0.05, 0.1) is 6.33 Å². The van der Waals surface area contributed by atoms with E-state index in [0.29, 0.717) is 11.2 Å². The molecule has 0 fully saturated rings. The number of nitrogens with one attached hydrogen (secondary N) is 2. The molecule has 72 valence electrons. The van der Waals surface area contributed by atoms with E-state index in [4.69, 9.17) is 11.6 Å². The molecule has 0 unspecified atom stereocenters. The Bertz CT molecular complexity index is 494. The fourth-order valence-electron chi connectivity index (χ4n) is 1.01. The number of nitrogens with zero attached hydrogens (tertiary/aromatic N) is 3. The topological polar surface area (TPSA) is 83.6 Å². The van der Waals surface area contributed by atoms with Crippen LogP contribution in [-0.2, 0) is 4.79 Å². The molecule has 0 saturated carbocycles. The third kappa shape index (κ3) is 1.51. The highest BCUT2D eigenvalue weighted by Gasteiger charge is 2.08. The van der Waals surface area contributed by atoms with Gasteiger partial charge in [-0.05, 0) is 0 Å². The SMILES string of the molecule is CC(=O)Nc1nc(Cl)c2[nH]cnc2n1. The summed E-state index contributed by atoms with van der Waals surface area (Å²) in [6.45, 7) is 1.37. The van der Waals surface area contributed by atoms with Gasteiger partial charge in [-0.3, -0.25) is 10.1 Å². The molecule has 0 radical (unpaired) electrons. The molecule has 0 aliphatic rings. The molecule has 2 aromatic rings. The van der Waals surface area contributed by atoms with Crippen LogP contribution in [0.15, 0.2) is 6.33 Å². The first-order valence-corrected chi connectivity index (χ1v) is 4.19. The third-order valence-electron chi connectivity index (χ3n) is 1.53. The smallest absolute Gasteiger partial charge is 0.233 e. The van der Waals surface area contributed by atoms with Crippen LogP contribution in [0.2, 0.25) is 5.15 Å². The van der Waals surface area contributed by atoms with Gasteiger partial charge in [-0.15, -0.1) is 0 Å². The summed E-state index contributed by atoms with van der Waals surface area (Å²) in [5.41, 5.74) is 0.981. The van der Waals surface area contributed by atoms with E-state index in [1.165, 1.54) is 13.3 Å². The first-order valence-electron chi connectivity index (χ1n) is 3.81. The Balaban J connectivity index is 2.53. The quantitative estimate of drug-likeness (QED) is 0.689. The minimum atomic E-state index is -0.254. The minimum Gasteiger partial charge on any atom is -0.341 e. The van der Waals surface area contributed by atoms with Crippen molar-refractivity contribution in [3.8, 4) is 0 Å². The van der Waals surface area contributed by atoms with Crippen LogP contribution >= 0.6 is 11.6 Å². The summed E-state index contributed by atoms with van der Waals surface area (Å²) in [7, 11) is 0. The van der Waals surface area contributed by atoms with Crippen LogP contribution < -0.4 is 5.32 Å². The molecule has 0 aliphatic heterocycles. The van der Waals surface area contributed by atoms with Crippen molar-refractivity contribution in [2.75, 3.05) is 5.32 Å². The van der Waals surface area contributed by atoms with E-state index in [0.717, 1.165) is 0 Å². The van der Waals surface area contributed by atoms with E-state index < -0.39 is 0 Å². The van der Waals surface area contributed by atoms with Gasteiger partial charge in [-0.25, -0.2) is 4.98 Å². The Morgan fingerprint density at radius 1 is 1.57 bits per heavy atom. The van der Waals surface area contributed by atoms with Crippen LogP contribution in [0.1, 0.15) is 6.92 Å². The van der Waals surface area contributed by atoms with Gasteiger partial charge in [-0.2, -0.15) is 9.97 Å². The number of halogens is 1. The molecule has 0 aromatic carbocycles. The lowest BCUT2D eigenvalue weighted by Gasteiger charge is -1.99. The summed E-state index contributed by atoms with van der Waals surface area (Å²) in [5, 5.41) is 2.66. The van der Waals surface area contributed by atoms with Crippen molar-refractivity contribution in [2.24, 2.45) is 0 Å². The van der Waals surface area contributed by atoms with E-state index in [2.05, 4.69) is 25.3 Å². The van der Waals surface area contributed by atoms with E-state index in [1.807, 2.05) is 0 Å². The lowest BCUT2D eigenvalue weighted by atomic mass is 10.5. The number of carbonyl (C=O) groups is 1.